The predicted octanol–water partition coefficient (Wildman–Crippen LogP) is 3.86. The maximum absolute atomic E-state index is 13.7. The Labute approximate surface area is 212 Å². The number of aromatic nitrogens is 5. The van der Waals surface area contributed by atoms with Gasteiger partial charge in [0.05, 0.1) is 31.9 Å². The molecule has 11 nitrogen and oxygen atoms in total. The van der Waals surface area contributed by atoms with Crippen LogP contribution in [0.1, 0.15) is 36.8 Å². The zero-order valence-corrected chi connectivity index (χ0v) is 21.2. The second-order valence-corrected chi connectivity index (χ2v) is 10.5. The van der Waals surface area contributed by atoms with Gasteiger partial charge in [0.25, 0.3) is 0 Å². The topological polar surface area (TPSA) is 134 Å². The Hall–Kier alpha value is -4.00. The molecule has 5 rings (SSSR count). The van der Waals surface area contributed by atoms with Crippen molar-refractivity contribution in [1.29, 1.82) is 0 Å². The average molecular weight is 529 g/mol. The highest BCUT2D eigenvalue weighted by Crippen LogP contribution is 2.40. The number of aryl methyl sites for hydroxylation is 1. The molecule has 194 valence electrons. The first-order valence-electron chi connectivity index (χ1n) is 11.5. The van der Waals surface area contributed by atoms with Gasteiger partial charge < -0.3 is 13.9 Å². The quantitative estimate of drug-likeness (QED) is 0.362. The van der Waals surface area contributed by atoms with Gasteiger partial charge in [0.2, 0.25) is 21.8 Å². The number of halogens is 1. The summed E-state index contributed by atoms with van der Waals surface area (Å²) in [5, 5.41) is 7.56. The molecule has 3 heterocycles. The molecule has 0 radical (unpaired) electrons. The lowest BCUT2D eigenvalue weighted by Crippen LogP contribution is -2.31. The third-order valence-electron chi connectivity index (χ3n) is 6.31. The van der Waals surface area contributed by atoms with E-state index in [0.29, 0.717) is 48.0 Å². The molecular formula is C24H25FN6O5S. The Morgan fingerprint density at radius 3 is 2.38 bits per heavy atom. The lowest BCUT2D eigenvalue weighted by Gasteiger charge is -2.21. The fraction of sp³-hybridized carbons (Fsp3) is 0.333. The molecular weight excluding hydrogens is 503 g/mol. The summed E-state index contributed by atoms with van der Waals surface area (Å²) in [5.41, 5.74) is 0.393. The van der Waals surface area contributed by atoms with Gasteiger partial charge in [0, 0.05) is 5.92 Å². The highest BCUT2D eigenvalue weighted by Gasteiger charge is 2.41. The van der Waals surface area contributed by atoms with Crippen LogP contribution in [-0.2, 0) is 10.0 Å². The van der Waals surface area contributed by atoms with Gasteiger partial charge in [-0.05, 0) is 44.0 Å². The molecule has 1 aliphatic carbocycles. The second-order valence-electron chi connectivity index (χ2n) is 8.59. The highest BCUT2D eigenvalue weighted by atomic mass is 32.2. The van der Waals surface area contributed by atoms with Crippen molar-refractivity contribution in [3.63, 3.8) is 0 Å². The predicted molar refractivity (Wildman–Crippen MR) is 132 cm³/mol. The van der Waals surface area contributed by atoms with Crippen molar-refractivity contribution < 1.29 is 26.7 Å². The number of furan rings is 1. The van der Waals surface area contributed by atoms with Crippen LogP contribution in [0.15, 0.2) is 47.1 Å². The Morgan fingerprint density at radius 2 is 1.76 bits per heavy atom. The third-order valence-corrected chi connectivity index (χ3v) is 8.13. The summed E-state index contributed by atoms with van der Waals surface area (Å²) >= 11 is 0. The van der Waals surface area contributed by atoms with Gasteiger partial charge in [0.15, 0.2) is 11.6 Å². The Balaban J connectivity index is 1.60. The molecule has 13 heteroatoms. The normalized spacial score (nSPS) is 17.6. The van der Waals surface area contributed by atoms with E-state index in [4.69, 9.17) is 13.9 Å². The smallest absolute Gasteiger partial charge is 0.243 e. The summed E-state index contributed by atoms with van der Waals surface area (Å²) in [5.74, 6) is 1.21. The molecule has 0 aliphatic heterocycles. The van der Waals surface area contributed by atoms with E-state index in [0.717, 1.165) is 12.4 Å². The van der Waals surface area contributed by atoms with Crippen LogP contribution in [0.4, 0.5) is 10.3 Å². The summed E-state index contributed by atoms with van der Waals surface area (Å²) in [6.07, 6.45) is 3.68. The van der Waals surface area contributed by atoms with E-state index < -0.39 is 27.0 Å². The number of nitrogens with one attached hydrogen (secondary N) is 1. The highest BCUT2D eigenvalue weighted by molar-refractivity contribution is 7.93. The molecule has 4 aromatic rings. The molecule has 0 bridgehead atoms. The lowest BCUT2D eigenvalue weighted by molar-refractivity contribution is 0.391. The standard InChI is InChI=1S/C24H25FN6O5S/c1-14-10-11-19(36-14)23-28-29-24(31(23)21-17(34-2)7-5-8-18(21)35-3)30-37(32,33)20-9-4-6-16(20)22-26-12-15(25)13-27-22/h5,7-8,10-13,16,20H,4,6,9H2,1-3H3,(H,29,30)/t16-,20-/m1/s1. The van der Waals surface area contributed by atoms with E-state index in [1.807, 2.05) is 0 Å². The average Bonchev–Trinajstić information content (AvgIpc) is 3.64. The number of sulfonamides is 1. The van der Waals surface area contributed by atoms with Crippen LogP contribution < -0.4 is 14.2 Å². The molecule has 1 aromatic carbocycles. The van der Waals surface area contributed by atoms with Crippen molar-refractivity contribution in [3.05, 3.63) is 60.1 Å². The Kier molecular flexibility index (Phi) is 6.54. The van der Waals surface area contributed by atoms with Gasteiger partial charge in [-0.15, -0.1) is 10.2 Å². The molecule has 37 heavy (non-hydrogen) atoms. The van der Waals surface area contributed by atoms with Crippen LogP contribution in [0.2, 0.25) is 0 Å². The number of anilines is 1. The maximum Gasteiger partial charge on any atom is 0.243 e. The number of nitrogens with zero attached hydrogens (tertiary/aromatic N) is 5. The lowest BCUT2D eigenvalue weighted by atomic mass is 10.1. The van der Waals surface area contributed by atoms with Crippen LogP contribution in [0.25, 0.3) is 17.3 Å². The molecule has 3 aromatic heterocycles. The summed E-state index contributed by atoms with van der Waals surface area (Å²) in [7, 11) is -1.02. The second kappa shape index (κ2) is 9.81. The SMILES string of the molecule is COc1cccc(OC)c1-n1c(NS(=O)(=O)[C@@H]2CCC[C@H]2c2ncc(F)cn2)nnc1-c1ccc(C)o1. The molecule has 1 aliphatic rings. The fourth-order valence-electron chi connectivity index (χ4n) is 4.64. The number of methoxy groups -OCH3 is 2. The molecule has 0 amide bonds. The maximum atomic E-state index is 13.7. The molecule has 0 saturated heterocycles. The largest absolute Gasteiger partial charge is 0.494 e. The molecule has 0 spiro atoms. The molecule has 0 unspecified atom stereocenters. The van der Waals surface area contributed by atoms with Gasteiger partial charge in [0.1, 0.15) is 28.8 Å². The van der Waals surface area contributed by atoms with Crippen LogP contribution >= 0.6 is 0 Å². The number of benzene rings is 1. The number of hydrogen-bond acceptors (Lipinski definition) is 9. The first kappa shape index (κ1) is 24.7. The Morgan fingerprint density at radius 1 is 1.05 bits per heavy atom. The van der Waals surface area contributed by atoms with Crippen LogP contribution in [0.5, 0.6) is 11.5 Å². The van der Waals surface area contributed by atoms with Crippen LogP contribution in [0.3, 0.4) is 0 Å². The van der Waals surface area contributed by atoms with Gasteiger partial charge in [-0.1, -0.05) is 12.5 Å². The summed E-state index contributed by atoms with van der Waals surface area (Å²) < 4.78 is 61.8. The summed E-state index contributed by atoms with van der Waals surface area (Å²) in [6.45, 7) is 1.79. The van der Waals surface area contributed by atoms with Gasteiger partial charge in [-0.3, -0.25) is 9.29 Å². The van der Waals surface area contributed by atoms with E-state index in [2.05, 4.69) is 24.9 Å². The third kappa shape index (κ3) is 4.61. The van der Waals surface area contributed by atoms with Gasteiger partial charge >= 0.3 is 0 Å². The van der Waals surface area contributed by atoms with E-state index in [1.165, 1.54) is 18.8 Å². The summed E-state index contributed by atoms with van der Waals surface area (Å²) in [6, 6.07) is 8.66. The molecule has 2 atom stereocenters. The van der Waals surface area contributed by atoms with Crippen molar-refractivity contribution in [2.45, 2.75) is 37.4 Å². The van der Waals surface area contributed by atoms with Crippen molar-refractivity contribution in [2.24, 2.45) is 0 Å². The number of para-hydroxylation sites is 1. The number of ether oxygens (including phenoxy) is 2. The summed E-state index contributed by atoms with van der Waals surface area (Å²) in [4.78, 5) is 8.06. The van der Waals surface area contributed by atoms with Crippen molar-refractivity contribution >= 4 is 16.0 Å². The minimum absolute atomic E-state index is 0.0717. The van der Waals surface area contributed by atoms with Crippen LogP contribution in [0, 0.1) is 12.7 Å². The van der Waals surface area contributed by atoms with E-state index in [9.17, 15) is 12.8 Å². The first-order valence-corrected chi connectivity index (χ1v) is 13.1. The van der Waals surface area contributed by atoms with E-state index >= 15 is 0 Å². The zero-order chi connectivity index (χ0) is 26.2. The molecule has 1 saturated carbocycles. The van der Waals surface area contributed by atoms with Crippen molar-refractivity contribution in [1.82, 2.24) is 24.7 Å². The van der Waals surface area contributed by atoms with E-state index in [-0.39, 0.29) is 17.6 Å². The fourth-order valence-corrected chi connectivity index (χ4v) is 6.34. The minimum Gasteiger partial charge on any atom is -0.494 e. The van der Waals surface area contributed by atoms with Gasteiger partial charge in [-0.25, -0.2) is 22.8 Å². The van der Waals surface area contributed by atoms with Gasteiger partial charge in [-0.2, -0.15) is 0 Å². The molecule has 1 N–H and O–H groups in total. The van der Waals surface area contributed by atoms with Crippen molar-refractivity contribution in [3.8, 4) is 28.8 Å². The molecule has 1 fully saturated rings. The monoisotopic (exact) mass is 528 g/mol. The number of hydrogen-bond donors (Lipinski definition) is 1. The minimum atomic E-state index is -4.01. The van der Waals surface area contributed by atoms with Crippen molar-refractivity contribution in [2.75, 3.05) is 18.9 Å². The van der Waals surface area contributed by atoms with Crippen LogP contribution in [-0.4, -0.2) is 52.6 Å². The van der Waals surface area contributed by atoms with E-state index in [1.54, 1.807) is 37.3 Å². The zero-order valence-electron chi connectivity index (χ0n) is 20.4. The first-order chi connectivity index (χ1) is 17.8. The number of rotatable bonds is 8. The Bertz CT molecular complexity index is 1500.